The number of aliphatic hydroxyl groups excluding tert-OH is 1. The first-order valence-electron chi connectivity index (χ1n) is 5.71. The zero-order chi connectivity index (χ0) is 13.0. The minimum atomic E-state index is -0.198. The molecule has 0 aliphatic carbocycles. The topological polar surface area (TPSA) is 57.6 Å². The first-order valence-corrected chi connectivity index (χ1v) is 6.59. The van der Waals surface area contributed by atoms with Gasteiger partial charge in [0.25, 0.3) is 0 Å². The van der Waals surface area contributed by atoms with E-state index in [2.05, 4.69) is 11.8 Å². The highest BCUT2D eigenvalue weighted by atomic mass is 32.1. The minimum Gasteiger partial charge on any atom is -0.384 e. The number of amides is 2. The normalized spacial score (nSPS) is 15.5. The van der Waals surface area contributed by atoms with E-state index >= 15 is 0 Å². The SMILES string of the molecule is O=C1CCCC(=O)N1Cc1sccc1C#CCO. The summed E-state index contributed by atoms with van der Waals surface area (Å²) in [7, 11) is 0. The van der Waals surface area contributed by atoms with Gasteiger partial charge in [-0.05, 0) is 17.9 Å². The van der Waals surface area contributed by atoms with Crippen molar-refractivity contribution in [2.45, 2.75) is 25.8 Å². The molecule has 94 valence electrons. The van der Waals surface area contributed by atoms with E-state index in [0.717, 1.165) is 10.4 Å². The summed E-state index contributed by atoms with van der Waals surface area (Å²) in [5, 5.41) is 10.5. The maximum Gasteiger partial charge on any atom is 0.229 e. The Bertz CT molecular complexity index is 508. The lowest BCUT2D eigenvalue weighted by Crippen LogP contribution is -2.39. The highest BCUT2D eigenvalue weighted by molar-refractivity contribution is 7.10. The van der Waals surface area contributed by atoms with Crippen molar-refractivity contribution in [3.8, 4) is 11.8 Å². The molecule has 1 aromatic rings. The van der Waals surface area contributed by atoms with Crippen LogP contribution in [0.5, 0.6) is 0 Å². The molecule has 0 bridgehead atoms. The summed E-state index contributed by atoms with van der Waals surface area (Å²) >= 11 is 1.47. The number of piperidine rings is 1. The lowest BCUT2D eigenvalue weighted by molar-refractivity contribution is -0.148. The summed E-state index contributed by atoms with van der Waals surface area (Å²) in [6.45, 7) is 0.0988. The van der Waals surface area contributed by atoms with Crippen molar-refractivity contribution >= 4 is 23.2 Å². The lowest BCUT2D eigenvalue weighted by atomic mass is 10.1. The van der Waals surface area contributed by atoms with Crippen molar-refractivity contribution < 1.29 is 14.7 Å². The zero-order valence-electron chi connectivity index (χ0n) is 9.81. The Labute approximate surface area is 109 Å². The number of likely N-dealkylation sites (tertiary alicyclic amines) is 1. The van der Waals surface area contributed by atoms with Crippen LogP contribution < -0.4 is 0 Å². The van der Waals surface area contributed by atoms with Crippen LogP contribution in [-0.2, 0) is 16.1 Å². The molecule has 18 heavy (non-hydrogen) atoms. The van der Waals surface area contributed by atoms with Gasteiger partial charge in [-0.25, -0.2) is 0 Å². The molecule has 0 spiro atoms. The molecule has 1 aliphatic rings. The summed E-state index contributed by atoms with van der Waals surface area (Å²) in [5.74, 6) is 5.18. The van der Waals surface area contributed by atoms with Gasteiger partial charge in [0.1, 0.15) is 6.61 Å². The second-order valence-electron chi connectivity index (χ2n) is 3.94. The van der Waals surface area contributed by atoms with Gasteiger partial charge in [-0.1, -0.05) is 11.8 Å². The first kappa shape index (κ1) is 12.8. The number of carbonyl (C=O) groups is 2. The quantitative estimate of drug-likeness (QED) is 0.643. The molecule has 4 nitrogen and oxygen atoms in total. The monoisotopic (exact) mass is 263 g/mol. The van der Waals surface area contributed by atoms with Crippen molar-refractivity contribution in [2.24, 2.45) is 0 Å². The van der Waals surface area contributed by atoms with Gasteiger partial charge >= 0.3 is 0 Å². The average molecular weight is 263 g/mol. The molecule has 1 N–H and O–H groups in total. The number of nitrogens with zero attached hydrogens (tertiary/aromatic N) is 1. The minimum absolute atomic E-state index is 0.110. The largest absolute Gasteiger partial charge is 0.384 e. The average Bonchev–Trinajstić information content (AvgIpc) is 2.79. The van der Waals surface area contributed by atoms with Gasteiger partial charge in [0, 0.05) is 23.3 Å². The number of imide groups is 1. The third kappa shape index (κ3) is 2.78. The molecular weight excluding hydrogens is 250 g/mol. The number of carbonyl (C=O) groups excluding carboxylic acids is 2. The highest BCUT2D eigenvalue weighted by Crippen LogP contribution is 2.21. The van der Waals surface area contributed by atoms with Crippen LogP contribution in [-0.4, -0.2) is 28.4 Å². The Morgan fingerprint density at radius 2 is 2.06 bits per heavy atom. The molecule has 0 saturated carbocycles. The summed E-state index contributed by atoms with van der Waals surface area (Å²) in [4.78, 5) is 25.6. The molecule has 1 fully saturated rings. The van der Waals surface area contributed by atoms with Crippen LogP contribution in [0.3, 0.4) is 0 Å². The summed E-state index contributed by atoms with van der Waals surface area (Å²) in [6.07, 6.45) is 1.53. The smallest absolute Gasteiger partial charge is 0.229 e. The third-order valence-electron chi connectivity index (χ3n) is 2.73. The van der Waals surface area contributed by atoms with Crippen LogP contribution >= 0.6 is 11.3 Å². The Morgan fingerprint density at radius 1 is 1.33 bits per heavy atom. The Hall–Kier alpha value is -1.64. The predicted molar refractivity (Wildman–Crippen MR) is 67.7 cm³/mol. The molecule has 2 amide bonds. The fourth-order valence-electron chi connectivity index (χ4n) is 1.83. The van der Waals surface area contributed by atoms with E-state index in [4.69, 9.17) is 5.11 Å². The van der Waals surface area contributed by atoms with Gasteiger partial charge in [-0.2, -0.15) is 0 Å². The van der Waals surface area contributed by atoms with Gasteiger partial charge in [0.05, 0.1) is 6.54 Å². The van der Waals surface area contributed by atoms with Crippen LogP contribution in [0.1, 0.15) is 29.7 Å². The molecule has 0 aromatic carbocycles. The first-order chi connectivity index (χ1) is 8.72. The molecule has 5 heteroatoms. The Morgan fingerprint density at radius 3 is 2.72 bits per heavy atom. The van der Waals surface area contributed by atoms with E-state index in [-0.39, 0.29) is 18.4 Å². The van der Waals surface area contributed by atoms with Crippen LogP contribution in [0.4, 0.5) is 0 Å². The standard InChI is InChI=1S/C13H13NO3S/c15-7-2-3-10-6-8-18-11(10)9-14-12(16)4-1-5-13(14)17/h6,8,15H,1,4-5,7,9H2. The summed E-state index contributed by atoms with van der Waals surface area (Å²) in [6, 6.07) is 1.83. The van der Waals surface area contributed by atoms with Gasteiger partial charge in [-0.3, -0.25) is 14.5 Å². The van der Waals surface area contributed by atoms with Crippen LogP contribution in [0, 0.1) is 11.8 Å². The summed E-state index contributed by atoms with van der Waals surface area (Å²) < 4.78 is 0. The molecule has 0 atom stereocenters. The third-order valence-corrected chi connectivity index (χ3v) is 3.64. The molecular formula is C13H13NO3S. The van der Waals surface area contributed by atoms with E-state index in [9.17, 15) is 9.59 Å². The van der Waals surface area contributed by atoms with Crippen LogP contribution in [0.15, 0.2) is 11.4 Å². The van der Waals surface area contributed by atoms with Crippen LogP contribution in [0.2, 0.25) is 0 Å². The van der Waals surface area contributed by atoms with E-state index in [1.54, 1.807) is 0 Å². The molecule has 0 radical (unpaired) electrons. The Balaban J connectivity index is 2.15. The van der Waals surface area contributed by atoms with E-state index in [1.807, 2.05) is 11.4 Å². The van der Waals surface area contributed by atoms with Gasteiger partial charge in [0.15, 0.2) is 0 Å². The van der Waals surface area contributed by atoms with Crippen molar-refractivity contribution in [1.82, 2.24) is 4.90 Å². The Kier molecular flexibility index (Phi) is 4.13. The molecule has 1 aromatic heterocycles. The molecule has 1 aliphatic heterocycles. The van der Waals surface area contributed by atoms with E-state index in [0.29, 0.717) is 25.8 Å². The number of hydrogen-bond acceptors (Lipinski definition) is 4. The second kappa shape index (κ2) is 5.80. The highest BCUT2D eigenvalue weighted by Gasteiger charge is 2.26. The fourth-order valence-corrected chi connectivity index (χ4v) is 2.65. The summed E-state index contributed by atoms with van der Waals surface area (Å²) in [5.41, 5.74) is 0.778. The molecule has 1 saturated heterocycles. The van der Waals surface area contributed by atoms with Crippen molar-refractivity contribution in [2.75, 3.05) is 6.61 Å². The number of aliphatic hydroxyl groups is 1. The molecule has 2 rings (SSSR count). The fraction of sp³-hybridized carbons (Fsp3) is 0.385. The van der Waals surface area contributed by atoms with Crippen LogP contribution in [0.25, 0.3) is 0 Å². The zero-order valence-corrected chi connectivity index (χ0v) is 10.6. The van der Waals surface area contributed by atoms with Gasteiger partial charge < -0.3 is 5.11 Å². The van der Waals surface area contributed by atoms with Gasteiger partial charge in [0.2, 0.25) is 11.8 Å². The number of thiophene rings is 1. The second-order valence-corrected chi connectivity index (χ2v) is 4.95. The lowest BCUT2D eigenvalue weighted by Gasteiger charge is -2.24. The number of hydrogen-bond donors (Lipinski definition) is 1. The predicted octanol–water partition coefficient (Wildman–Crippen LogP) is 1.13. The maximum absolute atomic E-state index is 11.7. The maximum atomic E-state index is 11.7. The van der Waals surface area contributed by atoms with Crippen molar-refractivity contribution in [3.05, 3.63) is 21.9 Å². The van der Waals surface area contributed by atoms with E-state index < -0.39 is 0 Å². The number of rotatable bonds is 2. The van der Waals surface area contributed by atoms with Crippen molar-refractivity contribution in [3.63, 3.8) is 0 Å². The van der Waals surface area contributed by atoms with Gasteiger partial charge in [-0.15, -0.1) is 11.3 Å². The molecule has 2 heterocycles. The van der Waals surface area contributed by atoms with E-state index in [1.165, 1.54) is 16.2 Å². The molecule has 0 unspecified atom stereocenters. The van der Waals surface area contributed by atoms with Crippen molar-refractivity contribution in [1.29, 1.82) is 0 Å².